The molecule has 120 valence electrons. The third kappa shape index (κ3) is 4.20. The lowest BCUT2D eigenvalue weighted by atomic mass is 10.3. The van der Waals surface area contributed by atoms with E-state index in [1.165, 1.54) is 18.2 Å². The van der Waals surface area contributed by atoms with Crippen LogP contribution in [0.2, 0.25) is 5.02 Å². The lowest BCUT2D eigenvalue weighted by molar-refractivity contribution is -0.385. The van der Waals surface area contributed by atoms with Gasteiger partial charge in [0.25, 0.3) is 5.91 Å². The van der Waals surface area contributed by atoms with E-state index in [9.17, 15) is 14.9 Å². The minimum absolute atomic E-state index is 0.0110. The average molecular weight is 335 g/mol. The Labute approximate surface area is 138 Å². The molecule has 0 saturated carbocycles. The fourth-order valence-electron chi connectivity index (χ4n) is 2.08. The van der Waals surface area contributed by atoms with E-state index in [2.05, 4.69) is 0 Å². The van der Waals surface area contributed by atoms with E-state index >= 15 is 0 Å². The number of anilines is 1. The van der Waals surface area contributed by atoms with Crippen LogP contribution >= 0.6 is 11.6 Å². The highest BCUT2D eigenvalue weighted by molar-refractivity contribution is 6.30. The molecule has 6 nitrogen and oxygen atoms in total. The maximum absolute atomic E-state index is 12.3. The summed E-state index contributed by atoms with van der Waals surface area (Å²) in [6.45, 7) is 2.01. The molecule has 0 aliphatic carbocycles. The molecule has 0 aliphatic rings. The molecule has 0 saturated heterocycles. The van der Waals surface area contributed by atoms with E-state index < -0.39 is 4.92 Å². The number of ether oxygens (including phenoxy) is 1. The van der Waals surface area contributed by atoms with E-state index in [4.69, 9.17) is 16.3 Å². The zero-order valence-electron chi connectivity index (χ0n) is 12.4. The Balaban J connectivity index is 2.11. The lowest BCUT2D eigenvalue weighted by Crippen LogP contribution is -2.34. The first-order chi connectivity index (χ1) is 11.0. The molecule has 0 unspecified atom stereocenters. The topological polar surface area (TPSA) is 72.7 Å². The quantitative estimate of drug-likeness (QED) is 0.596. The van der Waals surface area contributed by atoms with E-state index in [0.717, 1.165) is 5.69 Å². The Morgan fingerprint density at radius 2 is 1.96 bits per heavy atom. The van der Waals surface area contributed by atoms with Crippen molar-refractivity contribution in [1.82, 2.24) is 0 Å². The van der Waals surface area contributed by atoms with Crippen LogP contribution in [0.4, 0.5) is 11.4 Å². The van der Waals surface area contributed by atoms with Gasteiger partial charge in [-0.2, -0.15) is 0 Å². The van der Waals surface area contributed by atoms with Crippen LogP contribution in [0.3, 0.4) is 0 Å². The summed E-state index contributed by atoms with van der Waals surface area (Å²) in [5, 5.41) is 11.2. The molecule has 2 aromatic rings. The number of hydrogen-bond donors (Lipinski definition) is 0. The van der Waals surface area contributed by atoms with E-state index in [-0.39, 0.29) is 29.0 Å². The number of nitrogens with zero attached hydrogens (tertiary/aromatic N) is 2. The third-order valence-electron chi connectivity index (χ3n) is 3.15. The molecule has 23 heavy (non-hydrogen) atoms. The van der Waals surface area contributed by atoms with Gasteiger partial charge in [-0.3, -0.25) is 14.9 Å². The van der Waals surface area contributed by atoms with Gasteiger partial charge in [0.15, 0.2) is 12.4 Å². The van der Waals surface area contributed by atoms with Crippen LogP contribution in [0.15, 0.2) is 48.5 Å². The molecule has 0 atom stereocenters. The number of halogens is 1. The van der Waals surface area contributed by atoms with Gasteiger partial charge in [0.05, 0.1) is 4.92 Å². The van der Waals surface area contributed by atoms with Gasteiger partial charge in [-0.05, 0) is 31.2 Å². The number of carbonyl (C=O) groups is 1. The second kappa shape index (κ2) is 7.60. The monoisotopic (exact) mass is 334 g/mol. The van der Waals surface area contributed by atoms with Crippen molar-refractivity contribution in [2.24, 2.45) is 0 Å². The summed E-state index contributed by atoms with van der Waals surface area (Å²) in [5.41, 5.74) is 0.474. The zero-order valence-corrected chi connectivity index (χ0v) is 13.2. The first kappa shape index (κ1) is 16.8. The number of rotatable bonds is 6. The Kier molecular flexibility index (Phi) is 5.54. The molecule has 0 fully saturated rings. The first-order valence-electron chi connectivity index (χ1n) is 6.95. The highest BCUT2D eigenvalue weighted by Gasteiger charge is 2.19. The molecule has 2 rings (SSSR count). The van der Waals surface area contributed by atoms with Crippen LogP contribution in [0, 0.1) is 10.1 Å². The van der Waals surface area contributed by atoms with Crippen molar-refractivity contribution in [3.63, 3.8) is 0 Å². The average Bonchev–Trinajstić information content (AvgIpc) is 2.55. The molecule has 0 radical (unpaired) electrons. The van der Waals surface area contributed by atoms with Crippen LogP contribution in [0.1, 0.15) is 6.92 Å². The Morgan fingerprint density at radius 1 is 1.26 bits per heavy atom. The van der Waals surface area contributed by atoms with E-state index in [1.807, 2.05) is 37.3 Å². The van der Waals surface area contributed by atoms with Crippen molar-refractivity contribution in [1.29, 1.82) is 0 Å². The second-order valence-corrected chi connectivity index (χ2v) is 5.07. The van der Waals surface area contributed by atoms with Gasteiger partial charge >= 0.3 is 5.69 Å². The predicted molar refractivity (Wildman–Crippen MR) is 88.1 cm³/mol. The number of amides is 1. The van der Waals surface area contributed by atoms with Gasteiger partial charge in [-0.15, -0.1) is 0 Å². The van der Waals surface area contributed by atoms with Crippen molar-refractivity contribution in [2.45, 2.75) is 6.92 Å². The van der Waals surface area contributed by atoms with Gasteiger partial charge in [-0.25, -0.2) is 0 Å². The zero-order chi connectivity index (χ0) is 16.8. The van der Waals surface area contributed by atoms with Crippen LogP contribution in [0.5, 0.6) is 5.75 Å². The Bertz CT molecular complexity index is 706. The van der Waals surface area contributed by atoms with E-state index in [1.54, 1.807) is 4.90 Å². The highest BCUT2D eigenvalue weighted by Crippen LogP contribution is 2.30. The Hall–Kier alpha value is -2.60. The molecule has 0 bridgehead atoms. The second-order valence-electron chi connectivity index (χ2n) is 4.63. The van der Waals surface area contributed by atoms with Gasteiger partial charge in [-0.1, -0.05) is 29.8 Å². The summed E-state index contributed by atoms with van der Waals surface area (Å²) in [6, 6.07) is 13.2. The maximum atomic E-state index is 12.3. The number of carbonyl (C=O) groups excluding carboxylic acids is 1. The van der Waals surface area contributed by atoms with E-state index in [0.29, 0.717) is 6.54 Å². The first-order valence-corrected chi connectivity index (χ1v) is 7.33. The minimum atomic E-state index is -0.597. The number of nitro benzene ring substituents is 1. The van der Waals surface area contributed by atoms with Crippen LogP contribution in [0.25, 0.3) is 0 Å². The van der Waals surface area contributed by atoms with Crippen LogP contribution in [-0.4, -0.2) is 24.0 Å². The maximum Gasteiger partial charge on any atom is 0.312 e. The van der Waals surface area contributed by atoms with Gasteiger partial charge in [0.2, 0.25) is 0 Å². The normalized spacial score (nSPS) is 10.2. The van der Waals surface area contributed by atoms with Crippen molar-refractivity contribution >= 4 is 28.9 Å². The van der Waals surface area contributed by atoms with Gasteiger partial charge in [0.1, 0.15) is 0 Å². The number of hydrogen-bond acceptors (Lipinski definition) is 4. The molecule has 0 aliphatic heterocycles. The third-order valence-corrected chi connectivity index (χ3v) is 3.39. The molecule has 2 aromatic carbocycles. The standard InChI is InChI=1S/C16H15ClN2O4/c1-2-18(13-6-4-3-5-7-13)16(20)11-23-15-9-8-12(17)10-14(15)19(21)22/h3-10H,2,11H2,1H3. The minimum Gasteiger partial charge on any atom is -0.477 e. The summed E-state index contributed by atoms with van der Waals surface area (Å²) < 4.78 is 5.33. The highest BCUT2D eigenvalue weighted by atomic mass is 35.5. The predicted octanol–water partition coefficient (Wildman–Crippen LogP) is 3.68. The molecule has 0 heterocycles. The van der Waals surface area contributed by atoms with Gasteiger partial charge < -0.3 is 9.64 Å². The van der Waals surface area contributed by atoms with Crippen LogP contribution in [-0.2, 0) is 4.79 Å². The largest absolute Gasteiger partial charge is 0.477 e. The summed E-state index contributed by atoms with van der Waals surface area (Å²) in [5.74, 6) is -0.278. The molecule has 0 N–H and O–H groups in total. The number of likely N-dealkylation sites (N-methyl/N-ethyl adjacent to an activating group) is 1. The lowest BCUT2D eigenvalue weighted by Gasteiger charge is -2.21. The molecular weight excluding hydrogens is 320 g/mol. The van der Waals surface area contributed by atoms with Crippen LogP contribution < -0.4 is 9.64 Å². The SMILES string of the molecule is CCN(C(=O)COc1ccc(Cl)cc1[N+](=O)[O-])c1ccccc1. The van der Waals surface area contributed by atoms with Crippen molar-refractivity contribution in [3.05, 3.63) is 63.7 Å². The molecule has 0 spiro atoms. The number of para-hydroxylation sites is 1. The van der Waals surface area contributed by atoms with Crippen molar-refractivity contribution < 1.29 is 14.5 Å². The Morgan fingerprint density at radius 3 is 2.57 bits per heavy atom. The molecule has 0 aromatic heterocycles. The van der Waals surface area contributed by atoms with Crippen molar-refractivity contribution in [2.75, 3.05) is 18.1 Å². The summed E-state index contributed by atoms with van der Waals surface area (Å²) >= 11 is 5.74. The number of benzene rings is 2. The number of nitro groups is 1. The van der Waals surface area contributed by atoms with Crippen molar-refractivity contribution in [3.8, 4) is 5.75 Å². The molecular formula is C16H15ClN2O4. The summed E-state index contributed by atoms with van der Waals surface area (Å²) in [7, 11) is 0. The summed E-state index contributed by atoms with van der Waals surface area (Å²) in [4.78, 5) is 24.2. The van der Waals surface area contributed by atoms with Gasteiger partial charge in [0, 0.05) is 23.3 Å². The smallest absolute Gasteiger partial charge is 0.312 e. The molecule has 7 heteroatoms. The fraction of sp³-hybridized carbons (Fsp3) is 0.188. The summed E-state index contributed by atoms with van der Waals surface area (Å²) in [6.07, 6.45) is 0. The fourth-order valence-corrected chi connectivity index (χ4v) is 2.25. The molecule has 1 amide bonds.